The van der Waals surface area contributed by atoms with E-state index in [2.05, 4.69) is 12.1 Å². The molecule has 0 amide bonds. The molecule has 3 rings (SSSR count). The standard InChI is InChI=1S/C18H21NO2/c19-16(12-14-6-2-1-3-7-14)15-8-9-17-18(13-15)21-11-5-4-10-20-17/h1-3,6-9,13,16H,4-5,10-12,19H2. The summed E-state index contributed by atoms with van der Waals surface area (Å²) in [4.78, 5) is 0. The zero-order valence-electron chi connectivity index (χ0n) is 12.1. The van der Waals surface area contributed by atoms with Crippen molar-refractivity contribution in [2.45, 2.75) is 25.3 Å². The molecule has 0 aromatic heterocycles. The van der Waals surface area contributed by atoms with E-state index >= 15 is 0 Å². The predicted molar refractivity (Wildman–Crippen MR) is 83.7 cm³/mol. The van der Waals surface area contributed by atoms with Crippen molar-refractivity contribution in [3.8, 4) is 11.5 Å². The second kappa shape index (κ2) is 6.64. The van der Waals surface area contributed by atoms with Crippen LogP contribution in [0.2, 0.25) is 0 Å². The lowest BCUT2D eigenvalue weighted by Gasteiger charge is -2.19. The van der Waals surface area contributed by atoms with Crippen LogP contribution in [-0.2, 0) is 6.42 Å². The molecule has 3 heteroatoms. The van der Waals surface area contributed by atoms with Gasteiger partial charge in [-0.1, -0.05) is 36.4 Å². The largest absolute Gasteiger partial charge is 0.490 e. The predicted octanol–water partition coefficient (Wildman–Crippen LogP) is 3.48. The summed E-state index contributed by atoms with van der Waals surface area (Å²) in [5.74, 6) is 1.64. The van der Waals surface area contributed by atoms with E-state index in [1.165, 1.54) is 5.56 Å². The van der Waals surface area contributed by atoms with Gasteiger partial charge in [0.2, 0.25) is 0 Å². The number of benzene rings is 2. The first kappa shape index (κ1) is 14.0. The highest BCUT2D eigenvalue weighted by Gasteiger charge is 2.13. The Balaban J connectivity index is 1.77. The van der Waals surface area contributed by atoms with Crippen LogP contribution in [0.3, 0.4) is 0 Å². The minimum Gasteiger partial charge on any atom is -0.490 e. The zero-order valence-corrected chi connectivity index (χ0v) is 12.1. The van der Waals surface area contributed by atoms with Crippen LogP contribution in [0.5, 0.6) is 11.5 Å². The highest BCUT2D eigenvalue weighted by molar-refractivity contribution is 5.44. The lowest BCUT2D eigenvalue weighted by Crippen LogP contribution is -2.14. The number of ether oxygens (including phenoxy) is 2. The molecule has 2 N–H and O–H groups in total. The van der Waals surface area contributed by atoms with Crippen molar-refractivity contribution >= 4 is 0 Å². The average molecular weight is 283 g/mol. The van der Waals surface area contributed by atoms with Crippen LogP contribution >= 0.6 is 0 Å². The summed E-state index contributed by atoms with van der Waals surface area (Å²) in [6.07, 6.45) is 2.88. The molecule has 1 aliphatic heterocycles. The Morgan fingerprint density at radius 2 is 1.62 bits per heavy atom. The lowest BCUT2D eigenvalue weighted by atomic mass is 9.99. The quantitative estimate of drug-likeness (QED) is 0.938. The molecule has 1 unspecified atom stereocenters. The van der Waals surface area contributed by atoms with Crippen molar-refractivity contribution in [2.24, 2.45) is 5.73 Å². The van der Waals surface area contributed by atoms with E-state index in [9.17, 15) is 0 Å². The summed E-state index contributed by atoms with van der Waals surface area (Å²) in [5.41, 5.74) is 8.66. The van der Waals surface area contributed by atoms with E-state index in [1.54, 1.807) is 0 Å². The van der Waals surface area contributed by atoms with Gasteiger partial charge in [-0.25, -0.2) is 0 Å². The number of fused-ring (bicyclic) bond motifs is 1. The summed E-state index contributed by atoms with van der Waals surface area (Å²) in [6.45, 7) is 1.50. The van der Waals surface area contributed by atoms with Gasteiger partial charge in [0.25, 0.3) is 0 Å². The van der Waals surface area contributed by atoms with Gasteiger partial charge >= 0.3 is 0 Å². The van der Waals surface area contributed by atoms with Crippen LogP contribution in [0.15, 0.2) is 48.5 Å². The van der Waals surface area contributed by atoms with Crippen LogP contribution in [0, 0.1) is 0 Å². The van der Waals surface area contributed by atoms with Crippen LogP contribution < -0.4 is 15.2 Å². The third kappa shape index (κ3) is 3.56. The highest BCUT2D eigenvalue weighted by Crippen LogP contribution is 2.32. The second-order valence-corrected chi connectivity index (χ2v) is 5.41. The molecule has 110 valence electrons. The van der Waals surface area contributed by atoms with Crippen LogP contribution in [0.4, 0.5) is 0 Å². The molecule has 0 saturated heterocycles. The third-order valence-electron chi connectivity index (χ3n) is 3.75. The molecule has 1 heterocycles. The summed E-state index contributed by atoms with van der Waals surface area (Å²) >= 11 is 0. The maximum atomic E-state index is 6.33. The van der Waals surface area contributed by atoms with Crippen LogP contribution in [0.25, 0.3) is 0 Å². The van der Waals surface area contributed by atoms with Crippen molar-refractivity contribution in [1.29, 1.82) is 0 Å². The number of hydrogen-bond donors (Lipinski definition) is 1. The molecule has 0 bridgehead atoms. The van der Waals surface area contributed by atoms with E-state index in [0.29, 0.717) is 0 Å². The molecule has 2 aromatic carbocycles. The first-order valence-corrected chi connectivity index (χ1v) is 7.52. The summed E-state index contributed by atoms with van der Waals surface area (Å²) < 4.78 is 11.5. The van der Waals surface area contributed by atoms with Gasteiger partial charge in [0.1, 0.15) is 0 Å². The highest BCUT2D eigenvalue weighted by atomic mass is 16.5. The van der Waals surface area contributed by atoms with E-state index in [-0.39, 0.29) is 6.04 Å². The molecular formula is C18H21NO2. The fourth-order valence-electron chi connectivity index (χ4n) is 2.54. The van der Waals surface area contributed by atoms with E-state index in [0.717, 1.165) is 49.5 Å². The maximum absolute atomic E-state index is 6.33. The second-order valence-electron chi connectivity index (χ2n) is 5.41. The van der Waals surface area contributed by atoms with Crippen molar-refractivity contribution in [1.82, 2.24) is 0 Å². The Bertz CT molecular complexity index is 583. The normalized spacial score (nSPS) is 15.9. The van der Waals surface area contributed by atoms with Gasteiger partial charge in [0.15, 0.2) is 11.5 Å². The number of hydrogen-bond acceptors (Lipinski definition) is 3. The lowest BCUT2D eigenvalue weighted by molar-refractivity contribution is 0.223. The molecule has 0 spiro atoms. The summed E-state index contributed by atoms with van der Waals surface area (Å²) in [5, 5.41) is 0. The molecular weight excluding hydrogens is 262 g/mol. The SMILES string of the molecule is NC(Cc1ccccc1)c1ccc2c(c1)OCCCCO2. The maximum Gasteiger partial charge on any atom is 0.161 e. The minimum atomic E-state index is -0.0354. The van der Waals surface area contributed by atoms with Gasteiger partial charge in [-0.2, -0.15) is 0 Å². The molecule has 1 atom stereocenters. The van der Waals surface area contributed by atoms with Gasteiger partial charge in [0, 0.05) is 6.04 Å². The Morgan fingerprint density at radius 1 is 0.905 bits per heavy atom. The fourth-order valence-corrected chi connectivity index (χ4v) is 2.54. The molecule has 21 heavy (non-hydrogen) atoms. The van der Waals surface area contributed by atoms with Gasteiger partial charge in [0.05, 0.1) is 13.2 Å². The number of nitrogens with two attached hydrogens (primary N) is 1. The van der Waals surface area contributed by atoms with E-state index in [1.807, 2.05) is 36.4 Å². The van der Waals surface area contributed by atoms with Gasteiger partial charge in [-0.15, -0.1) is 0 Å². The van der Waals surface area contributed by atoms with E-state index in [4.69, 9.17) is 15.2 Å². The first-order valence-electron chi connectivity index (χ1n) is 7.52. The molecule has 3 nitrogen and oxygen atoms in total. The smallest absolute Gasteiger partial charge is 0.161 e. The average Bonchev–Trinajstić information content (AvgIpc) is 2.48. The number of rotatable bonds is 3. The Hall–Kier alpha value is -2.00. The minimum absolute atomic E-state index is 0.0354. The van der Waals surface area contributed by atoms with Crippen LogP contribution in [-0.4, -0.2) is 13.2 Å². The van der Waals surface area contributed by atoms with Gasteiger partial charge in [-0.3, -0.25) is 0 Å². The first-order chi connectivity index (χ1) is 10.3. The van der Waals surface area contributed by atoms with Crippen molar-refractivity contribution in [3.63, 3.8) is 0 Å². The summed E-state index contributed by atoms with van der Waals surface area (Å²) in [7, 11) is 0. The molecule has 2 aromatic rings. The van der Waals surface area contributed by atoms with Crippen molar-refractivity contribution in [2.75, 3.05) is 13.2 Å². The van der Waals surface area contributed by atoms with Crippen molar-refractivity contribution < 1.29 is 9.47 Å². The monoisotopic (exact) mass is 283 g/mol. The molecule has 0 saturated carbocycles. The molecule has 0 aliphatic carbocycles. The van der Waals surface area contributed by atoms with Crippen LogP contribution in [0.1, 0.15) is 30.0 Å². The Kier molecular flexibility index (Phi) is 4.41. The van der Waals surface area contributed by atoms with Gasteiger partial charge in [-0.05, 0) is 42.5 Å². The Labute approximate surface area is 125 Å². The summed E-state index contributed by atoms with van der Waals surface area (Å²) in [6, 6.07) is 16.3. The third-order valence-corrected chi connectivity index (χ3v) is 3.75. The fraction of sp³-hybridized carbons (Fsp3) is 0.333. The van der Waals surface area contributed by atoms with Crippen molar-refractivity contribution in [3.05, 3.63) is 59.7 Å². The molecule has 0 fully saturated rings. The topological polar surface area (TPSA) is 44.5 Å². The van der Waals surface area contributed by atoms with E-state index < -0.39 is 0 Å². The van der Waals surface area contributed by atoms with Gasteiger partial charge < -0.3 is 15.2 Å². The Morgan fingerprint density at radius 3 is 2.38 bits per heavy atom. The molecule has 0 radical (unpaired) electrons. The zero-order chi connectivity index (χ0) is 14.5. The molecule has 1 aliphatic rings.